The van der Waals surface area contributed by atoms with Crippen LogP contribution in [0.1, 0.15) is 19.3 Å². The van der Waals surface area contributed by atoms with E-state index >= 15 is 0 Å². The summed E-state index contributed by atoms with van der Waals surface area (Å²) in [4.78, 5) is 45.9. The zero-order chi connectivity index (χ0) is 17.8. The molecule has 0 aromatic heterocycles. The van der Waals surface area contributed by atoms with Crippen LogP contribution in [-0.4, -0.2) is 46.1 Å². The van der Waals surface area contributed by atoms with Gasteiger partial charge in [0.2, 0.25) is 0 Å². The summed E-state index contributed by atoms with van der Waals surface area (Å²) in [6.07, 6.45) is 0.353. The lowest BCUT2D eigenvalue weighted by Crippen LogP contribution is -2.58. The summed E-state index contributed by atoms with van der Waals surface area (Å²) in [6, 6.07) is 0. The van der Waals surface area contributed by atoms with E-state index in [9.17, 15) is 30.3 Å². The zero-order valence-electron chi connectivity index (χ0n) is 12.4. The largest absolute Gasteiger partial charge is 0.313 e. The predicted molar refractivity (Wildman–Crippen MR) is 81.4 cm³/mol. The Bertz CT molecular complexity index is 496. The average Bonchev–Trinajstić information content (AvgIpc) is 2.95. The molecule has 0 bridgehead atoms. The minimum Gasteiger partial charge on any atom is -0.313 e. The number of nitrogens with zero attached hydrogens (tertiary/aromatic N) is 3. The summed E-state index contributed by atoms with van der Waals surface area (Å²) in [5.74, 6) is 1.10. The lowest BCUT2D eigenvalue weighted by Gasteiger charge is -2.50. The second-order valence-corrected chi connectivity index (χ2v) is 8.27. The van der Waals surface area contributed by atoms with E-state index in [-0.39, 0.29) is 6.42 Å². The molecular weight excluding hydrogens is 370 g/mol. The van der Waals surface area contributed by atoms with E-state index in [4.69, 9.17) is 4.84 Å². The van der Waals surface area contributed by atoms with E-state index in [0.29, 0.717) is 24.3 Å². The molecule has 2 rings (SSSR count). The van der Waals surface area contributed by atoms with Crippen LogP contribution >= 0.6 is 21.6 Å². The lowest BCUT2D eigenvalue weighted by molar-refractivity contribution is -0.793. The number of hydrogen-bond donors (Lipinski definition) is 0. The van der Waals surface area contributed by atoms with Crippen LogP contribution in [0.3, 0.4) is 0 Å². The molecule has 136 valence electrons. The normalized spacial score (nSPS) is 24.2. The molecule has 0 radical (unpaired) electrons. The van der Waals surface area contributed by atoms with Crippen molar-refractivity contribution >= 4 is 21.6 Å². The van der Waals surface area contributed by atoms with E-state index in [1.165, 1.54) is 21.6 Å². The first-order valence-corrected chi connectivity index (χ1v) is 9.39. The molecule has 2 aliphatic rings. The van der Waals surface area contributed by atoms with Crippen LogP contribution in [0, 0.1) is 41.2 Å². The molecule has 1 saturated heterocycles. The fourth-order valence-electron chi connectivity index (χ4n) is 3.37. The maximum Gasteiger partial charge on any atom is 0.294 e. The van der Waals surface area contributed by atoms with Crippen molar-refractivity contribution in [1.82, 2.24) is 0 Å². The van der Waals surface area contributed by atoms with E-state index in [1.54, 1.807) is 0 Å². The van der Waals surface area contributed by atoms with E-state index in [1.807, 2.05) is 0 Å². The van der Waals surface area contributed by atoms with Crippen molar-refractivity contribution in [3.05, 3.63) is 30.3 Å². The maximum absolute atomic E-state index is 11.0. The SMILES string of the molecule is O=[N+]([O-])OCC1(CO[N+](=O)[O-])CCCC2(CSSC2)C1O[N+](=O)[O-]. The van der Waals surface area contributed by atoms with Crippen molar-refractivity contribution in [3.8, 4) is 0 Å². The topological polar surface area (TPSA) is 157 Å². The Kier molecular flexibility index (Phi) is 5.79. The third-order valence-corrected chi connectivity index (χ3v) is 7.10. The Morgan fingerprint density at radius 2 is 1.46 bits per heavy atom. The molecule has 0 amide bonds. The smallest absolute Gasteiger partial charge is 0.294 e. The molecule has 14 heteroatoms. The average molecular weight is 385 g/mol. The van der Waals surface area contributed by atoms with Gasteiger partial charge in [0.1, 0.15) is 19.3 Å². The standard InChI is InChI=1S/C10H15N3O9S2/c14-11(15)20-4-9(5-21-12(16)17)2-1-3-10(6-23-24-7-10)8(9)22-13(18)19/h8H,1-7H2. The third-order valence-electron chi connectivity index (χ3n) is 4.34. The van der Waals surface area contributed by atoms with Crippen molar-refractivity contribution in [2.24, 2.45) is 10.8 Å². The molecule has 0 aromatic rings. The minimum atomic E-state index is -1.35. The van der Waals surface area contributed by atoms with E-state index in [2.05, 4.69) is 9.68 Å². The molecule has 24 heavy (non-hydrogen) atoms. The monoisotopic (exact) mass is 385 g/mol. The van der Waals surface area contributed by atoms with Gasteiger partial charge < -0.3 is 14.5 Å². The molecule has 1 aliphatic carbocycles. The van der Waals surface area contributed by atoms with E-state index < -0.39 is 45.4 Å². The number of hydrogen-bond acceptors (Lipinski definition) is 11. The fraction of sp³-hybridized carbons (Fsp3) is 1.00. The van der Waals surface area contributed by atoms with Crippen molar-refractivity contribution in [3.63, 3.8) is 0 Å². The summed E-state index contributed by atoms with van der Waals surface area (Å²) in [6.45, 7) is -1.13. The van der Waals surface area contributed by atoms with Crippen LogP contribution in [0.25, 0.3) is 0 Å². The highest BCUT2D eigenvalue weighted by molar-refractivity contribution is 8.77. The Labute approximate surface area is 143 Å². The van der Waals surface area contributed by atoms with Gasteiger partial charge in [0, 0.05) is 22.3 Å². The molecule has 1 atom stereocenters. The zero-order valence-corrected chi connectivity index (χ0v) is 14.0. The maximum atomic E-state index is 11.0. The van der Waals surface area contributed by atoms with Crippen LogP contribution in [0.4, 0.5) is 0 Å². The first kappa shape index (κ1) is 18.6. The van der Waals surface area contributed by atoms with Crippen molar-refractivity contribution in [1.29, 1.82) is 0 Å². The van der Waals surface area contributed by atoms with Crippen LogP contribution in [0.15, 0.2) is 0 Å². The molecule has 1 unspecified atom stereocenters. The summed E-state index contributed by atoms with van der Waals surface area (Å²) in [5.41, 5.74) is -1.96. The van der Waals surface area contributed by atoms with Gasteiger partial charge in [-0.1, -0.05) is 28.0 Å². The van der Waals surface area contributed by atoms with Crippen molar-refractivity contribution in [2.75, 3.05) is 24.7 Å². The Balaban J connectivity index is 2.35. The summed E-state index contributed by atoms with van der Waals surface area (Å²) < 4.78 is 0. The molecule has 1 heterocycles. The Hall–Kier alpha value is -1.70. The quantitative estimate of drug-likeness (QED) is 0.339. The van der Waals surface area contributed by atoms with Crippen LogP contribution < -0.4 is 0 Å². The summed E-state index contributed by atoms with van der Waals surface area (Å²) in [5, 5.41) is 29.1. The molecular formula is C10H15N3O9S2. The predicted octanol–water partition coefficient (Wildman–Crippen LogP) is 1.53. The molecule has 1 saturated carbocycles. The fourth-order valence-corrected chi connectivity index (χ4v) is 6.84. The molecule has 0 N–H and O–H groups in total. The molecule has 1 spiro atoms. The van der Waals surface area contributed by atoms with Gasteiger partial charge >= 0.3 is 0 Å². The minimum absolute atomic E-state index is 0.226. The van der Waals surface area contributed by atoms with Gasteiger partial charge in [-0.25, -0.2) is 0 Å². The highest BCUT2D eigenvalue weighted by atomic mass is 33.1. The second kappa shape index (κ2) is 7.46. The molecule has 0 aromatic carbocycles. The van der Waals surface area contributed by atoms with Gasteiger partial charge in [-0.05, 0) is 12.8 Å². The van der Waals surface area contributed by atoms with E-state index in [0.717, 1.165) is 0 Å². The lowest BCUT2D eigenvalue weighted by atomic mass is 9.61. The highest BCUT2D eigenvalue weighted by Gasteiger charge is 2.58. The van der Waals surface area contributed by atoms with Crippen LogP contribution in [-0.2, 0) is 14.5 Å². The highest BCUT2D eigenvalue weighted by Crippen LogP contribution is 2.57. The first-order chi connectivity index (χ1) is 11.3. The molecule has 12 nitrogen and oxygen atoms in total. The molecule has 2 fully saturated rings. The van der Waals surface area contributed by atoms with Crippen molar-refractivity contribution < 1.29 is 29.8 Å². The van der Waals surface area contributed by atoms with Gasteiger partial charge in [0.15, 0.2) is 0 Å². The second-order valence-electron chi connectivity index (χ2n) is 5.81. The van der Waals surface area contributed by atoms with Gasteiger partial charge in [0.05, 0.1) is 0 Å². The van der Waals surface area contributed by atoms with Gasteiger partial charge in [-0.15, -0.1) is 30.3 Å². The van der Waals surface area contributed by atoms with Crippen LogP contribution in [0.2, 0.25) is 0 Å². The van der Waals surface area contributed by atoms with Crippen molar-refractivity contribution in [2.45, 2.75) is 25.4 Å². The summed E-state index contributed by atoms with van der Waals surface area (Å²) >= 11 is 0. The Morgan fingerprint density at radius 1 is 0.917 bits per heavy atom. The summed E-state index contributed by atoms with van der Waals surface area (Å²) in [7, 11) is 3.05. The Morgan fingerprint density at radius 3 is 1.92 bits per heavy atom. The van der Waals surface area contributed by atoms with Gasteiger partial charge in [-0.2, -0.15) is 0 Å². The third kappa shape index (κ3) is 4.03. The van der Waals surface area contributed by atoms with Gasteiger partial charge in [-0.3, -0.25) is 0 Å². The van der Waals surface area contributed by atoms with Crippen LogP contribution in [0.5, 0.6) is 0 Å². The number of rotatable bonds is 8. The first-order valence-electron chi connectivity index (χ1n) is 6.90. The molecule has 1 aliphatic heterocycles. The van der Waals surface area contributed by atoms with Gasteiger partial charge in [0.25, 0.3) is 15.3 Å².